The smallest absolute Gasteiger partial charge is 0.252 e. The van der Waals surface area contributed by atoms with Crippen LogP contribution in [0.4, 0.5) is 0 Å². The molecule has 2 unspecified atom stereocenters. The van der Waals surface area contributed by atoms with Gasteiger partial charge in [-0.3, -0.25) is 4.79 Å². The van der Waals surface area contributed by atoms with Gasteiger partial charge in [-0.15, -0.1) is 0 Å². The Morgan fingerprint density at radius 3 is 2.74 bits per heavy atom. The third-order valence-electron chi connectivity index (χ3n) is 3.64. The van der Waals surface area contributed by atoms with Gasteiger partial charge in [-0.2, -0.15) is 4.98 Å². The molecule has 124 valence electrons. The number of nitrogens with zero attached hydrogens (tertiary/aromatic N) is 2. The van der Waals surface area contributed by atoms with Gasteiger partial charge in [0.15, 0.2) is 5.82 Å². The van der Waals surface area contributed by atoms with E-state index in [2.05, 4.69) is 15.5 Å². The monoisotopic (exact) mass is 317 g/mol. The van der Waals surface area contributed by atoms with Crippen LogP contribution in [0.25, 0.3) is 0 Å². The Morgan fingerprint density at radius 2 is 2.09 bits per heavy atom. The number of hydrogen-bond donors (Lipinski definition) is 2. The van der Waals surface area contributed by atoms with Crippen molar-refractivity contribution < 1.29 is 14.4 Å². The van der Waals surface area contributed by atoms with Crippen molar-refractivity contribution in [2.24, 2.45) is 0 Å². The molecule has 0 radical (unpaired) electrons. The highest BCUT2D eigenvalue weighted by Crippen LogP contribution is 2.16. The van der Waals surface area contributed by atoms with Gasteiger partial charge in [0.05, 0.1) is 12.5 Å². The molecular formula is C17H23N3O3. The molecule has 0 aliphatic heterocycles. The van der Waals surface area contributed by atoms with Crippen molar-refractivity contribution in [2.45, 2.75) is 51.7 Å². The number of rotatable bonds is 7. The third-order valence-corrected chi connectivity index (χ3v) is 3.64. The van der Waals surface area contributed by atoms with Crippen LogP contribution in [0, 0.1) is 0 Å². The second kappa shape index (κ2) is 7.37. The summed E-state index contributed by atoms with van der Waals surface area (Å²) in [6, 6.07) is 9.38. The lowest BCUT2D eigenvalue weighted by Crippen LogP contribution is -2.45. The van der Waals surface area contributed by atoms with Gasteiger partial charge in [-0.1, -0.05) is 48.8 Å². The number of carbonyl (C=O) groups is 1. The van der Waals surface area contributed by atoms with Crippen molar-refractivity contribution in [3.63, 3.8) is 0 Å². The van der Waals surface area contributed by atoms with Gasteiger partial charge in [0.1, 0.15) is 5.60 Å². The predicted octanol–water partition coefficient (Wildman–Crippen LogP) is 2.39. The summed E-state index contributed by atoms with van der Waals surface area (Å²) in [6.07, 6.45) is 1.66. The molecule has 0 saturated heterocycles. The fourth-order valence-corrected chi connectivity index (χ4v) is 2.30. The summed E-state index contributed by atoms with van der Waals surface area (Å²) in [4.78, 5) is 16.4. The van der Waals surface area contributed by atoms with E-state index in [9.17, 15) is 9.90 Å². The summed E-state index contributed by atoms with van der Waals surface area (Å²) in [6.45, 7) is 5.19. The molecule has 6 heteroatoms. The summed E-state index contributed by atoms with van der Waals surface area (Å²) in [5.41, 5.74) is -0.315. The Bertz CT molecular complexity index is 638. The fraction of sp³-hybridized carbons (Fsp3) is 0.471. The molecule has 0 fully saturated rings. The molecule has 1 heterocycles. The van der Waals surface area contributed by atoms with E-state index in [4.69, 9.17) is 4.52 Å². The quantitative estimate of drug-likeness (QED) is 0.818. The van der Waals surface area contributed by atoms with Crippen LogP contribution in [0.1, 0.15) is 56.9 Å². The van der Waals surface area contributed by atoms with E-state index in [0.717, 1.165) is 12.0 Å². The first-order valence-corrected chi connectivity index (χ1v) is 7.82. The number of carbonyl (C=O) groups excluding carboxylic acids is 1. The summed E-state index contributed by atoms with van der Waals surface area (Å²) in [5, 5.41) is 16.7. The average molecular weight is 317 g/mol. The molecule has 1 aromatic heterocycles. The summed E-state index contributed by atoms with van der Waals surface area (Å²) >= 11 is 0. The van der Waals surface area contributed by atoms with Gasteiger partial charge in [0, 0.05) is 0 Å². The van der Waals surface area contributed by atoms with Crippen LogP contribution < -0.4 is 5.32 Å². The number of amides is 1. The zero-order chi connectivity index (χ0) is 16.9. The van der Waals surface area contributed by atoms with E-state index < -0.39 is 17.6 Å². The SMILES string of the molecule is CCCC(C)(O)C(=O)NC(C)c1noc(Cc2ccccc2)n1. The van der Waals surface area contributed by atoms with Gasteiger partial charge in [0.25, 0.3) is 5.91 Å². The van der Waals surface area contributed by atoms with E-state index >= 15 is 0 Å². The molecule has 1 amide bonds. The first kappa shape index (κ1) is 17.1. The van der Waals surface area contributed by atoms with Gasteiger partial charge in [-0.25, -0.2) is 0 Å². The lowest BCUT2D eigenvalue weighted by molar-refractivity contribution is -0.139. The maximum absolute atomic E-state index is 12.1. The van der Waals surface area contributed by atoms with Crippen molar-refractivity contribution in [3.8, 4) is 0 Å². The fourth-order valence-electron chi connectivity index (χ4n) is 2.30. The van der Waals surface area contributed by atoms with E-state index in [1.165, 1.54) is 6.92 Å². The van der Waals surface area contributed by atoms with Crippen molar-refractivity contribution in [1.82, 2.24) is 15.5 Å². The summed E-state index contributed by atoms with van der Waals surface area (Å²) < 4.78 is 5.23. The van der Waals surface area contributed by atoms with Crippen molar-refractivity contribution in [1.29, 1.82) is 0 Å². The Labute approximate surface area is 135 Å². The third kappa shape index (κ3) is 4.63. The van der Waals surface area contributed by atoms with E-state index in [1.807, 2.05) is 37.3 Å². The Kier molecular flexibility index (Phi) is 5.50. The second-order valence-corrected chi connectivity index (χ2v) is 5.93. The van der Waals surface area contributed by atoms with E-state index in [-0.39, 0.29) is 0 Å². The van der Waals surface area contributed by atoms with Crippen LogP contribution in [0.2, 0.25) is 0 Å². The topological polar surface area (TPSA) is 88.2 Å². The molecule has 23 heavy (non-hydrogen) atoms. The highest BCUT2D eigenvalue weighted by Gasteiger charge is 2.31. The second-order valence-electron chi connectivity index (χ2n) is 5.93. The summed E-state index contributed by atoms with van der Waals surface area (Å²) in [7, 11) is 0. The van der Waals surface area contributed by atoms with Crippen molar-refractivity contribution in [3.05, 3.63) is 47.6 Å². The lowest BCUT2D eigenvalue weighted by Gasteiger charge is -2.23. The average Bonchev–Trinajstić information content (AvgIpc) is 2.96. The van der Waals surface area contributed by atoms with E-state index in [0.29, 0.717) is 24.6 Å². The van der Waals surface area contributed by atoms with Gasteiger partial charge in [-0.05, 0) is 25.8 Å². The van der Waals surface area contributed by atoms with Crippen LogP contribution >= 0.6 is 0 Å². The zero-order valence-electron chi connectivity index (χ0n) is 13.7. The molecular weight excluding hydrogens is 294 g/mol. The van der Waals surface area contributed by atoms with Crippen LogP contribution in [-0.4, -0.2) is 26.8 Å². The van der Waals surface area contributed by atoms with Gasteiger partial charge >= 0.3 is 0 Å². The van der Waals surface area contributed by atoms with Gasteiger partial charge < -0.3 is 14.9 Å². The van der Waals surface area contributed by atoms with Crippen molar-refractivity contribution >= 4 is 5.91 Å². The Hall–Kier alpha value is -2.21. The first-order valence-electron chi connectivity index (χ1n) is 7.82. The van der Waals surface area contributed by atoms with Crippen LogP contribution in [-0.2, 0) is 11.2 Å². The maximum atomic E-state index is 12.1. The molecule has 2 aromatic rings. The number of nitrogens with one attached hydrogen (secondary N) is 1. The zero-order valence-corrected chi connectivity index (χ0v) is 13.7. The summed E-state index contributed by atoms with van der Waals surface area (Å²) in [5.74, 6) is 0.463. The molecule has 0 aliphatic rings. The number of aliphatic hydroxyl groups is 1. The Morgan fingerprint density at radius 1 is 1.39 bits per heavy atom. The molecule has 0 aliphatic carbocycles. The minimum atomic E-state index is -1.39. The molecule has 2 atom stereocenters. The lowest BCUT2D eigenvalue weighted by atomic mass is 9.99. The highest BCUT2D eigenvalue weighted by atomic mass is 16.5. The van der Waals surface area contributed by atoms with Gasteiger partial charge in [0.2, 0.25) is 5.89 Å². The van der Waals surface area contributed by atoms with E-state index in [1.54, 1.807) is 6.92 Å². The molecule has 2 rings (SSSR count). The predicted molar refractivity (Wildman–Crippen MR) is 85.6 cm³/mol. The number of aromatic nitrogens is 2. The number of hydrogen-bond acceptors (Lipinski definition) is 5. The molecule has 0 saturated carbocycles. The van der Waals surface area contributed by atoms with Crippen LogP contribution in [0.15, 0.2) is 34.9 Å². The standard InChI is InChI=1S/C17H23N3O3/c1-4-10-17(3,22)16(21)18-12(2)15-19-14(23-20-15)11-13-8-6-5-7-9-13/h5-9,12,22H,4,10-11H2,1-3H3,(H,18,21). The molecule has 6 nitrogen and oxygen atoms in total. The Balaban J connectivity index is 1.98. The van der Waals surface area contributed by atoms with Crippen LogP contribution in [0.3, 0.4) is 0 Å². The molecule has 0 bridgehead atoms. The highest BCUT2D eigenvalue weighted by molar-refractivity contribution is 5.84. The van der Waals surface area contributed by atoms with Crippen molar-refractivity contribution in [2.75, 3.05) is 0 Å². The molecule has 0 spiro atoms. The minimum Gasteiger partial charge on any atom is -0.380 e. The van der Waals surface area contributed by atoms with Crippen LogP contribution in [0.5, 0.6) is 0 Å². The minimum absolute atomic E-state index is 0.400. The first-order chi connectivity index (χ1) is 10.9. The largest absolute Gasteiger partial charge is 0.380 e. The maximum Gasteiger partial charge on any atom is 0.252 e. The normalized spacial score (nSPS) is 15.0. The molecule has 1 aromatic carbocycles. The molecule has 2 N–H and O–H groups in total. The number of benzene rings is 1.